The Labute approximate surface area is 105 Å². The topological polar surface area (TPSA) is 67.9 Å². The fourth-order valence-corrected chi connectivity index (χ4v) is 1.59. The molecule has 0 aliphatic heterocycles. The van der Waals surface area contributed by atoms with Crippen LogP contribution in [0.5, 0.6) is 5.75 Å². The summed E-state index contributed by atoms with van der Waals surface area (Å²) in [6.07, 6.45) is 4.26. The van der Waals surface area contributed by atoms with E-state index in [0.717, 1.165) is 17.7 Å². The lowest BCUT2D eigenvalue weighted by molar-refractivity contribution is 0.316. The molecule has 0 atom stereocenters. The predicted octanol–water partition coefficient (Wildman–Crippen LogP) is 1.93. The van der Waals surface area contributed by atoms with Crippen LogP contribution in [0.15, 0.2) is 29.3 Å². The summed E-state index contributed by atoms with van der Waals surface area (Å²) in [6.45, 7) is 4.50. The van der Waals surface area contributed by atoms with E-state index in [9.17, 15) is 4.79 Å². The van der Waals surface area contributed by atoms with Crippen molar-refractivity contribution in [2.24, 2.45) is 0 Å². The maximum absolute atomic E-state index is 11.3. The van der Waals surface area contributed by atoms with Gasteiger partial charge in [-0.05, 0) is 25.5 Å². The minimum Gasteiger partial charge on any atom is -0.492 e. The molecular weight excluding hydrogens is 230 g/mol. The molecule has 18 heavy (non-hydrogen) atoms. The quantitative estimate of drug-likeness (QED) is 0.893. The van der Waals surface area contributed by atoms with Gasteiger partial charge >= 0.3 is 5.69 Å². The molecule has 2 aromatic heterocycles. The van der Waals surface area contributed by atoms with Crippen molar-refractivity contribution in [3.05, 3.63) is 40.7 Å². The van der Waals surface area contributed by atoms with Crippen LogP contribution in [-0.2, 0) is 0 Å². The number of hydrogen-bond donors (Lipinski definition) is 1. The molecule has 0 aliphatic rings. The third-order valence-corrected chi connectivity index (χ3v) is 2.36. The van der Waals surface area contributed by atoms with Gasteiger partial charge in [-0.25, -0.2) is 4.79 Å². The van der Waals surface area contributed by atoms with E-state index in [-0.39, 0.29) is 5.69 Å². The van der Waals surface area contributed by atoms with Crippen LogP contribution in [0.2, 0.25) is 0 Å². The summed E-state index contributed by atoms with van der Waals surface area (Å²) in [5.41, 5.74) is 1.79. The van der Waals surface area contributed by atoms with E-state index in [2.05, 4.69) is 15.0 Å². The van der Waals surface area contributed by atoms with E-state index in [1.807, 2.05) is 26.0 Å². The Morgan fingerprint density at radius 2 is 2.17 bits per heavy atom. The van der Waals surface area contributed by atoms with Crippen molar-refractivity contribution in [1.82, 2.24) is 15.0 Å². The molecule has 0 spiro atoms. The molecular formula is C13H15N3O2. The second-order valence-corrected chi connectivity index (χ2v) is 4.01. The highest BCUT2D eigenvalue weighted by molar-refractivity contribution is 5.59. The molecule has 5 nitrogen and oxygen atoms in total. The number of pyridine rings is 1. The number of rotatable bonds is 4. The Morgan fingerprint density at radius 1 is 1.33 bits per heavy atom. The molecule has 2 rings (SSSR count). The Hall–Kier alpha value is -2.17. The highest BCUT2D eigenvalue weighted by atomic mass is 16.5. The van der Waals surface area contributed by atoms with Gasteiger partial charge in [0.15, 0.2) is 0 Å². The molecule has 94 valence electrons. The van der Waals surface area contributed by atoms with Crippen molar-refractivity contribution in [2.45, 2.75) is 20.3 Å². The molecule has 1 N–H and O–H groups in total. The molecule has 0 bridgehead atoms. The summed E-state index contributed by atoms with van der Waals surface area (Å²) in [5.74, 6) is 0.689. The second kappa shape index (κ2) is 5.44. The SMILES string of the molecule is CCCOc1cncc(-c2cc(C)[nH]c(=O)n2)c1. The van der Waals surface area contributed by atoms with Crippen molar-refractivity contribution in [2.75, 3.05) is 6.61 Å². The third kappa shape index (κ3) is 2.94. The number of aromatic nitrogens is 3. The summed E-state index contributed by atoms with van der Waals surface area (Å²) in [5, 5.41) is 0. The molecule has 0 saturated carbocycles. The molecule has 0 aromatic carbocycles. The fourth-order valence-electron chi connectivity index (χ4n) is 1.59. The largest absolute Gasteiger partial charge is 0.492 e. The highest BCUT2D eigenvalue weighted by Gasteiger charge is 2.04. The van der Waals surface area contributed by atoms with E-state index in [1.165, 1.54) is 0 Å². The lowest BCUT2D eigenvalue weighted by Crippen LogP contribution is -2.12. The van der Waals surface area contributed by atoms with Crippen molar-refractivity contribution in [3.8, 4) is 17.0 Å². The monoisotopic (exact) mass is 245 g/mol. The van der Waals surface area contributed by atoms with Gasteiger partial charge in [0.25, 0.3) is 0 Å². The molecule has 2 heterocycles. The molecule has 0 amide bonds. The van der Waals surface area contributed by atoms with Gasteiger partial charge in [-0.1, -0.05) is 6.92 Å². The molecule has 0 radical (unpaired) electrons. The molecule has 5 heteroatoms. The van der Waals surface area contributed by atoms with E-state index in [1.54, 1.807) is 12.4 Å². The van der Waals surface area contributed by atoms with E-state index in [0.29, 0.717) is 18.1 Å². The van der Waals surface area contributed by atoms with Crippen LogP contribution in [0.3, 0.4) is 0 Å². The van der Waals surface area contributed by atoms with Gasteiger partial charge in [-0.2, -0.15) is 4.98 Å². The number of H-pyrrole nitrogens is 1. The van der Waals surface area contributed by atoms with Crippen LogP contribution in [0, 0.1) is 6.92 Å². The Kier molecular flexibility index (Phi) is 3.72. The zero-order chi connectivity index (χ0) is 13.0. The average Bonchev–Trinajstić information content (AvgIpc) is 2.35. The summed E-state index contributed by atoms with van der Waals surface area (Å²) in [7, 11) is 0. The maximum Gasteiger partial charge on any atom is 0.345 e. The number of aryl methyl sites for hydroxylation is 1. The number of nitrogens with zero attached hydrogens (tertiary/aromatic N) is 2. The van der Waals surface area contributed by atoms with Crippen molar-refractivity contribution in [3.63, 3.8) is 0 Å². The minimum absolute atomic E-state index is 0.357. The van der Waals surface area contributed by atoms with Crippen LogP contribution in [0.25, 0.3) is 11.3 Å². The summed E-state index contributed by atoms with van der Waals surface area (Å²) >= 11 is 0. The lowest BCUT2D eigenvalue weighted by atomic mass is 10.2. The Bertz CT molecular complexity index is 593. The molecule has 0 aliphatic carbocycles. The third-order valence-electron chi connectivity index (χ3n) is 2.36. The fraction of sp³-hybridized carbons (Fsp3) is 0.308. The second-order valence-electron chi connectivity index (χ2n) is 4.01. The van der Waals surface area contributed by atoms with Gasteiger partial charge in [0, 0.05) is 17.5 Å². The zero-order valence-electron chi connectivity index (χ0n) is 10.4. The van der Waals surface area contributed by atoms with Crippen LogP contribution in [-0.4, -0.2) is 21.6 Å². The lowest BCUT2D eigenvalue weighted by Gasteiger charge is -2.06. The van der Waals surface area contributed by atoms with Crippen LogP contribution < -0.4 is 10.4 Å². The minimum atomic E-state index is -0.357. The van der Waals surface area contributed by atoms with Gasteiger partial charge in [0.05, 0.1) is 18.5 Å². The van der Waals surface area contributed by atoms with E-state index >= 15 is 0 Å². The van der Waals surface area contributed by atoms with Gasteiger partial charge in [-0.15, -0.1) is 0 Å². The summed E-state index contributed by atoms with van der Waals surface area (Å²) < 4.78 is 5.50. The molecule has 0 fully saturated rings. The van der Waals surface area contributed by atoms with Crippen LogP contribution >= 0.6 is 0 Å². The first-order valence-corrected chi connectivity index (χ1v) is 5.85. The van der Waals surface area contributed by atoms with E-state index in [4.69, 9.17) is 4.74 Å². The number of aromatic amines is 1. The van der Waals surface area contributed by atoms with Gasteiger partial charge in [-0.3, -0.25) is 4.98 Å². The Balaban J connectivity index is 2.35. The van der Waals surface area contributed by atoms with Gasteiger partial charge in [0.2, 0.25) is 0 Å². The molecule has 0 saturated heterocycles. The standard InChI is InChI=1S/C13H15N3O2/c1-3-4-18-11-6-10(7-14-8-11)12-5-9(2)15-13(17)16-12/h5-8H,3-4H2,1-2H3,(H,15,16,17). The number of hydrogen-bond acceptors (Lipinski definition) is 4. The normalized spacial score (nSPS) is 10.3. The summed E-state index contributed by atoms with van der Waals surface area (Å²) in [4.78, 5) is 21.9. The number of ether oxygens (including phenoxy) is 1. The van der Waals surface area contributed by atoms with E-state index < -0.39 is 0 Å². The molecule has 0 unspecified atom stereocenters. The summed E-state index contributed by atoms with van der Waals surface area (Å²) in [6, 6.07) is 3.64. The van der Waals surface area contributed by atoms with Crippen LogP contribution in [0.4, 0.5) is 0 Å². The highest BCUT2D eigenvalue weighted by Crippen LogP contribution is 2.20. The first kappa shape index (κ1) is 12.3. The Morgan fingerprint density at radius 3 is 2.89 bits per heavy atom. The van der Waals surface area contributed by atoms with Gasteiger partial charge in [0.1, 0.15) is 5.75 Å². The van der Waals surface area contributed by atoms with Gasteiger partial charge < -0.3 is 9.72 Å². The first-order valence-electron chi connectivity index (χ1n) is 5.85. The first-order chi connectivity index (χ1) is 8.69. The maximum atomic E-state index is 11.3. The smallest absolute Gasteiger partial charge is 0.345 e. The van der Waals surface area contributed by atoms with Crippen molar-refractivity contribution < 1.29 is 4.74 Å². The molecule has 2 aromatic rings. The zero-order valence-corrected chi connectivity index (χ0v) is 10.4. The average molecular weight is 245 g/mol. The van der Waals surface area contributed by atoms with Crippen LogP contribution in [0.1, 0.15) is 19.0 Å². The van der Waals surface area contributed by atoms with Crippen molar-refractivity contribution in [1.29, 1.82) is 0 Å². The van der Waals surface area contributed by atoms with Crippen molar-refractivity contribution >= 4 is 0 Å². The number of nitrogens with one attached hydrogen (secondary N) is 1. The predicted molar refractivity (Wildman–Crippen MR) is 68.6 cm³/mol.